The van der Waals surface area contributed by atoms with Crippen molar-refractivity contribution in [3.05, 3.63) is 29.6 Å². The van der Waals surface area contributed by atoms with Crippen molar-refractivity contribution >= 4 is 6.29 Å². The molecule has 1 aromatic carbocycles. The Hall–Kier alpha value is -1.89. The van der Waals surface area contributed by atoms with Crippen LogP contribution >= 0.6 is 0 Å². The number of aldehydes is 1. The lowest BCUT2D eigenvalue weighted by Gasteiger charge is -2.06. The molecule has 0 saturated heterocycles. The second kappa shape index (κ2) is 5.76. The lowest BCUT2D eigenvalue weighted by atomic mass is 10.2. The molecule has 0 radical (unpaired) electrons. The van der Waals surface area contributed by atoms with Gasteiger partial charge in [0.1, 0.15) is 11.6 Å². The highest BCUT2D eigenvalue weighted by Gasteiger charge is 2.03. The highest BCUT2D eigenvalue weighted by molar-refractivity contribution is 5.79. The molecule has 0 aliphatic rings. The summed E-state index contributed by atoms with van der Waals surface area (Å²) in [6.07, 6.45) is 1.53. The van der Waals surface area contributed by atoms with Crippen molar-refractivity contribution in [1.29, 1.82) is 5.26 Å². The minimum absolute atomic E-state index is 0.187. The van der Waals surface area contributed by atoms with E-state index in [-0.39, 0.29) is 5.56 Å². The summed E-state index contributed by atoms with van der Waals surface area (Å²) < 4.78 is 18.0. The lowest BCUT2D eigenvalue weighted by Crippen LogP contribution is -2.00. The van der Waals surface area contributed by atoms with E-state index in [1.165, 1.54) is 12.1 Å². The molecule has 0 atom stereocenters. The number of hydrogen-bond acceptors (Lipinski definition) is 3. The average Bonchev–Trinajstić information content (AvgIpc) is 2.26. The second-order valence-corrected chi connectivity index (χ2v) is 2.91. The molecule has 15 heavy (non-hydrogen) atoms. The predicted molar refractivity (Wildman–Crippen MR) is 52.1 cm³/mol. The van der Waals surface area contributed by atoms with Gasteiger partial charge in [-0.25, -0.2) is 4.39 Å². The highest BCUT2D eigenvalue weighted by atomic mass is 19.1. The number of carbonyl (C=O) groups is 1. The van der Waals surface area contributed by atoms with Gasteiger partial charge in [0, 0.05) is 6.42 Å². The van der Waals surface area contributed by atoms with Gasteiger partial charge >= 0.3 is 0 Å². The Morgan fingerprint density at radius 3 is 3.00 bits per heavy atom. The quantitative estimate of drug-likeness (QED) is 0.550. The smallest absolute Gasteiger partial charge is 0.153 e. The molecule has 1 rings (SSSR count). The molecule has 0 fully saturated rings. The van der Waals surface area contributed by atoms with E-state index in [0.29, 0.717) is 31.5 Å². The number of halogens is 1. The van der Waals surface area contributed by atoms with Crippen molar-refractivity contribution in [2.45, 2.75) is 12.8 Å². The van der Waals surface area contributed by atoms with Crippen LogP contribution in [0, 0.1) is 17.1 Å². The van der Waals surface area contributed by atoms with Crippen LogP contribution in [-0.4, -0.2) is 12.9 Å². The van der Waals surface area contributed by atoms with Gasteiger partial charge in [0.2, 0.25) is 0 Å². The zero-order valence-electron chi connectivity index (χ0n) is 8.07. The largest absolute Gasteiger partial charge is 0.493 e. The summed E-state index contributed by atoms with van der Waals surface area (Å²) in [5.74, 6) is -0.120. The van der Waals surface area contributed by atoms with Crippen molar-refractivity contribution in [2.24, 2.45) is 0 Å². The van der Waals surface area contributed by atoms with E-state index >= 15 is 0 Å². The molecule has 0 unspecified atom stereocenters. The van der Waals surface area contributed by atoms with E-state index in [4.69, 9.17) is 10.00 Å². The Morgan fingerprint density at radius 2 is 2.33 bits per heavy atom. The first-order chi connectivity index (χ1) is 7.27. The molecule has 4 heteroatoms. The third-order valence-electron chi connectivity index (χ3n) is 1.79. The Kier molecular flexibility index (Phi) is 4.30. The molecule has 0 saturated carbocycles. The summed E-state index contributed by atoms with van der Waals surface area (Å²) in [7, 11) is 0. The Bertz CT molecular complexity index is 385. The maximum Gasteiger partial charge on any atom is 0.153 e. The van der Waals surface area contributed by atoms with Crippen molar-refractivity contribution in [1.82, 2.24) is 0 Å². The predicted octanol–water partition coefficient (Wildman–Crippen LogP) is 2.32. The normalized spacial score (nSPS) is 9.33. The summed E-state index contributed by atoms with van der Waals surface area (Å²) in [4.78, 5) is 10.6. The van der Waals surface area contributed by atoms with Gasteiger partial charge in [0.25, 0.3) is 0 Å². The number of nitriles is 1. The lowest BCUT2D eigenvalue weighted by molar-refractivity contribution is 0.111. The van der Waals surface area contributed by atoms with Crippen LogP contribution in [0.2, 0.25) is 0 Å². The average molecular weight is 207 g/mol. The van der Waals surface area contributed by atoms with Crippen molar-refractivity contribution in [3.63, 3.8) is 0 Å². The topological polar surface area (TPSA) is 50.1 Å². The highest BCUT2D eigenvalue weighted by Crippen LogP contribution is 2.17. The molecule has 3 nitrogen and oxygen atoms in total. The van der Waals surface area contributed by atoms with Crippen LogP contribution in [0.15, 0.2) is 18.2 Å². The zero-order chi connectivity index (χ0) is 11.1. The molecule has 0 N–H and O–H groups in total. The Balaban J connectivity index is 2.60. The third-order valence-corrected chi connectivity index (χ3v) is 1.79. The van der Waals surface area contributed by atoms with E-state index in [9.17, 15) is 9.18 Å². The summed E-state index contributed by atoms with van der Waals surface area (Å²) >= 11 is 0. The molecule has 78 valence electrons. The van der Waals surface area contributed by atoms with Gasteiger partial charge < -0.3 is 4.74 Å². The van der Waals surface area contributed by atoms with Crippen LogP contribution < -0.4 is 4.74 Å². The molecule has 0 amide bonds. The molecule has 0 aliphatic heterocycles. The minimum atomic E-state index is -0.471. The molecular weight excluding hydrogens is 197 g/mol. The number of rotatable bonds is 5. The van der Waals surface area contributed by atoms with Crippen molar-refractivity contribution in [3.8, 4) is 11.8 Å². The van der Waals surface area contributed by atoms with E-state index in [1.807, 2.05) is 6.07 Å². The van der Waals surface area contributed by atoms with Crippen LogP contribution in [0.4, 0.5) is 4.39 Å². The minimum Gasteiger partial charge on any atom is -0.493 e. The molecule has 0 spiro atoms. The fraction of sp³-hybridized carbons (Fsp3) is 0.273. The van der Waals surface area contributed by atoms with Crippen LogP contribution in [0.5, 0.6) is 5.75 Å². The van der Waals surface area contributed by atoms with Crippen LogP contribution in [0.1, 0.15) is 23.2 Å². The number of unbranched alkanes of at least 4 members (excludes halogenated alkanes) is 1. The van der Waals surface area contributed by atoms with Gasteiger partial charge in [-0.2, -0.15) is 5.26 Å². The summed E-state index contributed by atoms with van der Waals surface area (Å²) in [6, 6.07) is 5.74. The second-order valence-electron chi connectivity index (χ2n) is 2.91. The summed E-state index contributed by atoms with van der Waals surface area (Å²) in [5.41, 5.74) is 0.187. The molecule has 0 aliphatic carbocycles. The SMILES string of the molecule is N#CCCCOc1ccc(F)cc1C=O. The first kappa shape index (κ1) is 11.2. The van der Waals surface area contributed by atoms with Crippen LogP contribution in [0.25, 0.3) is 0 Å². The van der Waals surface area contributed by atoms with Gasteiger partial charge in [-0.15, -0.1) is 0 Å². The molecule has 0 heterocycles. The summed E-state index contributed by atoms with van der Waals surface area (Å²) in [6.45, 7) is 0.347. The Morgan fingerprint density at radius 1 is 1.53 bits per heavy atom. The molecule has 0 aromatic heterocycles. The van der Waals surface area contributed by atoms with E-state index in [0.717, 1.165) is 6.07 Å². The fourth-order valence-corrected chi connectivity index (χ4v) is 1.08. The van der Waals surface area contributed by atoms with E-state index < -0.39 is 5.82 Å². The van der Waals surface area contributed by atoms with Gasteiger partial charge in [0.15, 0.2) is 6.29 Å². The molecular formula is C11H10FNO2. The van der Waals surface area contributed by atoms with E-state index in [2.05, 4.69) is 0 Å². The van der Waals surface area contributed by atoms with Crippen LogP contribution in [-0.2, 0) is 0 Å². The number of hydrogen-bond donors (Lipinski definition) is 0. The zero-order valence-corrected chi connectivity index (χ0v) is 8.07. The van der Waals surface area contributed by atoms with E-state index in [1.54, 1.807) is 0 Å². The Labute approximate surface area is 87.1 Å². The third kappa shape index (κ3) is 3.39. The maximum atomic E-state index is 12.7. The van der Waals surface area contributed by atoms with Crippen molar-refractivity contribution in [2.75, 3.05) is 6.61 Å². The molecule has 1 aromatic rings. The number of carbonyl (C=O) groups excluding carboxylic acids is 1. The van der Waals surface area contributed by atoms with Gasteiger partial charge in [0.05, 0.1) is 18.2 Å². The summed E-state index contributed by atoms with van der Waals surface area (Å²) in [5, 5.41) is 8.29. The molecule has 0 bridgehead atoms. The number of ether oxygens (including phenoxy) is 1. The number of nitrogens with zero attached hydrogens (tertiary/aromatic N) is 1. The van der Waals surface area contributed by atoms with Gasteiger partial charge in [-0.3, -0.25) is 4.79 Å². The number of benzene rings is 1. The maximum absolute atomic E-state index is 12.7. The fourth-order valence-electron chi connectivity index (χ4n) is 1.08. The van der Waals surface area contributed by atoms with Crippen LogP contribution in [0.3, 0.4) is 0 Å². The standard InChI is InChI=1S/C11H10FNO2/c12-10-3-4-11(9(7-10)8-14)15-6-2-1-5-13/h3-4,7-8H,1-2,6H2. The van der Waals surface area contributed by atoms with Gasteiger partial charge in [-0.05, 0) is 24.6 Å². The van der Waals surface area contributed by atoms with Gasteiger partial charge in [-0.1, -0.05) is 0 Å². The first-order valence-electron chi connectivity index (χ1n) is 4.52. The first-order valence-corrected chi connectivity index (χ1v) is 4.52. The van der Waals surface area contributed by atoms with Crippen molar-refractivity contribution < 1.29 is 13.9 Å². The monoisotopic (exact) mass is 207 g/mol.